The van der Waals surface area contributed by atoms with Gasteiger partial charge in [-0.1, -0.05) is 13.3 Å². The minimum absolute atomic E-state index is 0.204. The molecule has 0 radical (unpaired) electrons. The highest BCUT2D eigenvalue weighted by molar-refractivity contribution is 7.99. The monoisotopic (exact) mass is 336 g/mol. The minimum Gasteiger partial charge on any atom is -0.350 e. The van der Waals surface area contributed by atoms with Gasteiger partial charge in [-0.25, -0.2) is 0 Å². The van der Waals surface area contributed by atoms with E-state index in [9.17, 15) is 4.79 Å². The number of fused-ring (bicyclic) bond motifs is 1. The van der Waals surface area contributed by atoms with Crippen LogP contribution in [0.1, 0.15) is 44.0 Å². The van der Waals surface area contributed by atoms with E-state index in [0.29, 0.717) is 6.54 Å². The molecule has 23 heavy (non-hydrogen) atoms. The Balaban J connectivity index is 1.48. The van der Waals surface area contributed by atoms with E-state index in [4.69, 9.17) is 0 Å². The van der Waals surface area contributed by atoms with Crippen molar-refractivity contribution in [2.24, 2.45) is 5.92 Å². The molecule has 3 rings (SSSR count). The summed E-state index contributed by atoms with van der Waals surface area (Å²) >= 11 is 1.94. The van der Waals surface area contributed by atoms with E-state index in [2.05, 4.69) is 39.2 Å². The predicted molar refractivity (Wildman–Crippen MR) is 94.3 cm³/mol. The largest absolute Gasteiger partial charge is 0.350 e. The summed E-state index contributed by atoms with van der Waals surface area (Å²) in [6.07, 6.45) is 6.71. The number of nitrogens with one attached hydrogen (secondary N) is 1. The molecule has 1 aromatic rings. The van der Waals surface area contributed by atoms with Crippen LogP contribution in [0.4, 0.5) is 0 Å². The Labute approximate surface area is 143 Å². The molecule has 1 aromatic heterocycles. The van der Waals surface area contributed by atoms with E-state index in [1.807, 2.05) is 11.8 Å². The first-order chi connectivity index (χ1) is 11.2. The number of carbonyl (C=O) groups is 1. The number of carbonyl (C=O) groups excluding carboxylic acids is 1. The van der Waals surface area contributed by atoms with Gasteiger partial charge >= 0.3 is 0 Å². The summed E-state index contributed by atoms with van der Waals surface area (Å²) in [6, 6.07) is 2.16. The molecule has 2 heterocycles. The number of aromatic nitrogens is 2. The molecule has 1 saturated carbocycles. The van der Waals surface area contributed by atoms with Crippen LogP contribution < -0.4 is 5.32 Å². The second kappa shape index (κ2) is 7.71. The number of hydrogen-bond donors (Lipinski definition) is 1. The maximum Gasteiger partial charge on any atom is 0.223 e. The van der Waals surface area contributed by atoms with Crippen LogP contribution in [-0.4, -0.2) is 45.2 Å². The first kappa shape index (κ1) is 16.8. The highest BCUT2D eigenvalue weighted by Gasteiger charge is 2.25. The molecule has 1 aliphatic heterocycles. The molecule has 1 aliphatic carbocycles. The van der Waals surface area contributed by atoms with E-state index in [1.54, 1.807) is 0 Å². The zero-order valence-corrected chi connectivity index (χ0v) is 15.1. The average Bonchev–Trinajstić information content (AvgIpc) is 2.91. The molecule has 0 bridgehead atoms. The zero-order chi connectivity index (χ0) is 16.2. The minimum atomic E-state index is 0.204. The standard InChI is InChI=1S/C17H28N4OS/c1-13(23-2)6-7-20-8-9-21-16(12-20)10-15(19-21)11-18-17(22)14-4-3-5-14/h10,13-14H,3-9,11-12H2,1-2H3,(H,18,22). The van der Waals surface area contributed by atoms with Crippen LogP contribution in [0.2, 0.25) is 0 Å². The lowest BCUT2D eigenvalue weighted by molar-refractivity contribution is -0.127. The van der Waals surface area contributed by atoms with Gasteiger partial charge in [0.15, 0.2) is 0 Å². The van der Waals surface area contributed by atoms with Crippen molar-refractivity contribution in [3.63, 3.8) is 0 Å². The van der Waals surface area contributed by atoms with Crippen LogP contribution in [0.25, 0.3) is 0 Å². The normalized spacial score (nSPS) is 19.9. The molecule has 0 spiro atoms. The Bertz CT molecular complexity index is 541. The van der Waals surface area contributed by atoms with E-state index in [0.717, 1.165) is 50.0 Å². The molecule has 128 valence electrons. The summed E-state index contributed by atoms with van der Waals surface area (Å²) < 4.78 is 2.11. The number of thioether (sulfide) groups is 1. The average molecular weight is 337 g/mol. The van der Waals surface area contributed by atoms with Gasteiger partial charge in [-0.15, -0.1) is 0 Å². The lowest BCUT2D eigenvalue weighted by atomic mass is 9.85. The first-order valence-corrected chi connectivity index (χ1v) is 10.0. The summed E-state index contributed by atoms with van der Waals surface area (Å²) in [5, 5.41) is 8.40. The second-order valence-corrected chi connectivity index (χ2v) is 8.08. The van der Waals surface area contributed by atoms with Gasteiger partial charge in [0.1, 0.15) is 0 Å². The van der Waals surface area contributed by atoms with Crippen molar-refractivity contribution < 1.29 is 4.79 Å². The fourth-order valence-electron chi connectivity index (χ4n) is 3.13. The van der Waals surface area contributed by atoms with Crippen LogP contribution in [0.3, 0.4) is 0 Å². The zero-order valence-electron chi connectivity index (χ0n) is 14.3. The van der Waals surface area contributed by atoms with E-state index in [1.165, 1.54) is 18.5 Å². The molecule has 0 saturated heterocycles. The summed E-state index contributed by atoms with van der Waals surface area (Å²) in [5.74, 6) is 0.455. The van der Waals surface area contributed by atoms with Gasteiger partial charge in [0.25, 0.3) is 0 Å². The van der Waals surface area contributed by atoms with Crippen molar-refractivity contribution in [1.29, 1.82) is 0 Å². The first-order valence-electron chi connectivity index (χ1n) is 8.74. The van der Waals surface area contributed by atoms with Gasteiger partial charge in [-0.3, -0.25) is 14.4 Å². The van der Waals surface area contributed by atoms with Crippen molar-refractivity contribution in [3.05, 3.63) is 17.5 Å². The van der Waals surface area contributed by atoms with Crippen molar-refractivity contribution in [2.75, 3.05) is 19.3 Å². The Kier molecular flexibility index (Phi) is 5.64. The smallest absolute Gasteiger partial charge is 0.223 e. The molecule has 1 atom stereocenters. The summed E-state index contributed by atoms with van der Waals surface area (Å²) in [4.78, 5) is 14.4. The van der Waals surface area contributed by atoms with Crippen LogP contribution in [0.15, 0.2) is 6.07 Å². The topological polar surface area (TPSA) is 50.2 Å². The maximum absolute atomic E-state index is 11.9. The molecule has 1 amide bonds. The van der Waals surface area contributed by atoms with Gasteiger partial charge in [-0.2, -0.15) is 16.9 Å². The van der Waals surface area contributed by atoms with Gasteiger partial charge in [0, 0.05) is 24.3 Å². The van der Waals surface area contributed by atoms with E-state index < -0.39 is 0 Å². The number of hydrogen-bond acceptors (Lipinski definition) is 4. The Morgan fingerprint density at radius 3 is 3.00 bits per heavy atom. The summed E-state index contributed by atoms with van der Waals surface area (Å²) in [5.41, 5.74) is 2.27. The molecule has 2 aliphatic rings. The Morgan fingerprint density at radius 1 is 1.48 bits per heavy atom. The van der Waals surface area contributed by atoms with Crippen molar-refractivity contribution in [3.8, 4) is 0 Å². The highest BCUT2D eigenvalue weighted by Crippen LogP contribution is 2.26. The van der Waals surface area contributed by atoms with Gasteiger partial charge in [0.2, 0.25) is 5.91 Å². The maximum atomic E-state index is 11.9. The lowest BCUT2D eigenvalue weighted by Gasteiger charge is -2.28. The van der Waals surface area contributed by atoms with Crippen LogP contribution in [0, 0.1) is 5.92 Å². The Morgan fingerprint density at radius 2 is 2.30 bits per heavy atom. The molecule has 0 aromatic carbocycles. The van der Waals surface area contributed by atoms with Crippen molar-refractivity contribution >= 4 is 17.7 Å². The van der Waals surface area contributed by atoms with Crippen LogP contribution in [0.5, 0.6) is 0 Å². The molecular formula is C17H28N4OS. The highest BCUT2D eigenvalue weighted by atomic mass is 32.2. The van der Waals surface area contributed by atoms with E-state index in [-0.39, 0.29) is 11.8 Å². The van der Waals surface area contributed by atoms with Gasteiger partial charge < -0.3 is 5.32 Å². The molecule has 6 heteroatoms. The molecule has 1 unspecified atom stereocenters. The predicted octanol–water partition coefficient (Wildman–Crippen LogP) is 2.26. The number of amides is 1. The lowest BCUT2D eigenvalue weighted by Crippen LogP contribution is -2.35. The quantitative estimate of drug-likeness (QED) is 0.830. The summed E-state index contributed by atoms with van der Waals surface area (Å²) in [7, 11) is 0. The molecule has 1 fully saturated rings. The van der Waals surface area contributed by atoms with Crippen molar-refractivity contribution in [1.82, 2.24) is 20.0 Å². The molecule has 5 nitrogen and oxygen atoms in total. The third-order valence-electron chi connectivity index (χ3n) is 5.10. The third-order valence-corrected chi connectivity index (χ3v) is 6.14. The Hall–Kier alpha value is -1.01. The second-order valence-electron chi connectivity index (χ2n) is 6.81. The van der Waals surface area contributed by atoms with Crippen LogP contribution >= 0.6 is 11.8 Å². The summed E-state index contributed by atoms with van der Waals surface area (Å²) in [6.45, 7) is 7.02. The molecular weight excluding hydrogens is 308 g/mol. The molecule has 1 N–H and O–H groups in total. The third kappa shape index (κ3) is 4.29. The van der Waals surface area contributed by atoms with Crippen LogP contribution in [-0.2, 0) is 24.4 Å². The fourth-order valence-corrected chi connectivity index (χ4v) is 3.47. The SMILES string of the molecule is CSC(C)CCN1CCn2nc(CNC(=O)C3CCC3)cc2C1. The number of nitrogens with zero attached hydrogens (tertiary/aromatic N) is 3. The number of rotatable bonds is 7. The van der Waals surface area contributed by atoms with E-state index >= 15 is 0 Å². The van der Waals surface area contributed by atoms with Gasteiger partial charge in [-0.05, 0) is 38.1 Å². The fraction of sp³-hybridized carbons (Fsp3) is 0.765. The van der Waals surface area contributed by atoms with Gasteiger partial charge in [0.05, 0.1) is 24.5 Å². The van der Waals surface area contributed by atoms with Crippen molar-refractivity contribution in [2.45, 2.75) is 57.5 Å².